The number of nitrogens with one attached hydrogen (secondary N) is 3. The quantitative estimate of drug-likeness (QED) is 0.662. The molecule has 4 amide bonds. The molecule has 0 unspecified atom stereocenters. The molecule has 1 atom stereocenters. The van der Waals surface area contributed by atoms with Crippen LogP contribution in [0.2, 0.25) is 0 Å². The summed E-state index contributed by atoms with van der Waals surface area (Å²) in [5.74, 6) is -0.906. The highest BCUT2D eigenvalue weighted by Gasteiger charge is 2.21. The maximum atomic E-state index is 12.0. The summed E-state index contributed by atoms with van der Waals surface area (Å²) in [6, 6.07) is 3.87. The van der Waals surface area contributed by atoms with Crippen molar-refractivity contribution >= 4 is 29.2 Å². The standard InChI is InChI=1S/C15H22N4O3/c1-8(2)13(14(16)21)19-15(22)18-12-7-11(17-10(4)20)6-5-9(12)3/h5-8,13H,1-4H3,(H2,16,21)(H,17,20)(H2,18,19,22)/t13-/m0/s1. The van der Waals surface area contributed by atoms with Gasteiger partial charge in [-0.25, -0.2) is 4.79 Å². The Balaban J connectivity index is 2.83. The summed E-state index contributed by atoms with van der Waals surface area (Å²) in [7, 11) is 0. The van der Waals surface area contributed by atoms with Gasteiger partial charge in [0, 0.05) is 18.3 Å². The van der Waals surface area contributed by atoms with E-state index in [1.54, 1.807) is 32.0 Å². The molecular weight excluding hydrogens is 284 g/mol. The monoisotopic (exact) mass is 306 g/mol. The van der Waals surface area contributed by atoms with Gasteiger partial charge < -0.3 is 21.7 Å². The Morgan fingerprint density at radius 1 is 1.14 bits per heavy atom. The SMILES string of the molecule is CC(=O)Nc1ccc(C)c(NC(=O)N[C@H](C(N)=O)C(C)C)c1. The number of benzene rings is 1. The van der Waals surface area contributed by atoms with E-state index in [1.165, 1.54) is 6.92 Å². The summed E-state index contributed by atoms with van der Waals surface area (Å²) in [6.07, 6.45) is 0. The van der Waals surface area contributed by atoms with Crippen molar-refractivity contribution in [2.45, 2.75) is 33.7 Å². The van der Waals surface area contributed by atoms with Gasteiger partial charge in [0.25, 0.3) is 0 Å². The maximum absolute atomic E-state index is 12.0. The van der Waals surface area contributed by atoms with Gasteiger partial charge in [-0.1, -0.05) is 19.9 Å². The predicted octanol–water partition coefficient (Wildman–Crippen LogP) is 1.58. The highest BCUT2D eigenvalue weighted by Crippen LogP contribution is 2.20. The number of amides is 4. The number of nitrogens with two attached hydrogens (primary N) is 1. The number of urea groups is 1. The zero-order valence-corrected chi connectivity index (χ0v) is 13.2. The Labute approximate surface area is 129 Å². The molecule has 0 saturated heterocycles. The Morgan fingerprint density at radius 3 is 2.27 bits per heavy atom. The van der Waals surface area contributed by atoms with E-state index in [1.807, 2.05) is 6.92 Å². The van der Waals surface area contributed by atoms with Gasteiger partial charge in [0.05, 0.1) is 0 Å². The van der Waals surface area contributed by atoms with Crippen molar-refractivity contribution in [2.75, 3.05) is 10.6 Å². The smallest absolute Gasteiger partial charge is 0.319 e. The van der Waals surface area contributed by atoms with Crippen LogP contribution in [-0.2, 0) is 9.59 Å². The first kappa shape index (κ1) is 17.5. The molecule has 7 nitrogen and oxygen atoms in total. The number of hydrogen-bond donors (Lipinski definition) is 4. The average molecular weight is 306 g/mol. The predicted molar refractivity (Wildman–Crippen MR) is 85.5 cm³/mol. The maximum Gasteiger partial charge on any atom is 0.319 e. The Bertz CT molecular complexity index is 584. The highest BCUT2D eigenvalue weighted by atomic mass is 16.2. The number of carbonyl (C=O) groups is 3. The Morgan fingerprint density at radius 2 is 1.77 bits per heavy atom. The third-order valence-corrected chi connectivity index (χ3v) is 3.07. The van der Waals surface area contributed by atoms with E-state index in [2.05, 4.69) is 16.0 Å². The van der Waals surface area contributed by atoms with Gasteiger partial charge in [-0.2, -0.15) is 0 Å². The van der Waals surface area contributed by atoms with Gasteiger partial charge in [-0.3, -0.25) is 9.59 Å². The minimum atomic E-state index is -0.751. The third-order valence-electron chi connectivity index (χ3n) is 3.07. The summed E-state index contributed by atoms with van der Waals surface area (Å²) in [5.41, 5.74) is 7.19. The van der Waals surface area contributed by atoms with Crippen LogP contribution in [-0.4, -0.2) is 23.9 Å². The minimum Gasteiger partial charge on any atom is -0.368 e. The third kappa shape index (κ3) is 5.08. The molecule has 120 valence electrons. The van der Waals surface area contributed by atoms with Gasteiger partial charge in [-0.15, -0.1) is 0 Å². The van der Waals surface area contributed by atoms with Gasteiger partial charge in [0.15, 0.2) is 0 Å². The number of carbonyl (C=O) groups excluding carboxylic acids is 3. The van der Waals surface area contributed by atoms with Crippen LogP contribution in [0.25, 0.3) is 0 Å². The van der Waals surface area contributed by atoms with Gasteiger partial charge in [0.2, 0.25) is 11.8 Å². The molecule has 0 fully saturated rings. The lowest BCUT2D eigenvalue weighted by molar-refractivity contribution is -0.120. The van der Waals surface area contributed by atoms with Crippen molar-refractivity contribution in [3.63, 3.8) is 0 Å². The fraction of sp³-hybridized carbons (Fsp3) is 0.400. The fourth-order valence-electron chi connectivity index (χ4n) is 1.90. The fourth-order valence-corrected chi connectivity index (χ4v) is 1.90. The Hall–Kier alpha value is -2.57. The van der Waals surface area contributed by atoms with Crippen molar-refractivity contribution in [1.82, 2.24) is 5.32 Å². The molecule has 0 spiro atoms. The normalized spacial score (nSPS) is 11.7. The lowest BCUT2D eigenvalue weighted by Crippen LogP contribution is -2.49. The van der Waals surface area contributed by atoms with E-state index < -0.39 is 18.0 Å². The molecule has 0 aromatic heterocycles. The van der Waals surface area contributed by atoms with Crippen LogP contribution in [0.4, 0.5) is 16.2 Å². The average Bonchev–Trinajstić information content (AvgIpc) is 2.38. The van der Waals surface area contributed by atoms with Crippen molar-refractivity contribution < 1.29 is 14.4 Å². The summed E-state index contributed by atoms with van der Waals surface area (Å²) in [5, 5.41) is 7.83. The molecule has 7 heteroatoms. The zero-order chi connectivity index (χ0) is 16.9. The van der Waals surface area contributed by atoms with Crippen molar-refractivity contribution in [1.29, 1.82) is 0 Å². The molecule has 1 rings (SSSR count). The van der Waals surface area contributed by atoms with Gasteiger partial charge in [-0.05, 0) is 30.5 Å². The first-order chi connectivity index (χ1) is 10.2. The first-order valence-corrected chi connectivity index (χ1v) is 6.95. The summed E-state index contributed by atoms with van der Waals surface area (Å²) in [4.78, 5) is 34.4. The second-order valence-corrected chi connectivity index (χ2v) is 5.43. The molecule has 1 aromatic rings. The largest absolute Gasteiger partial charge is 0.368 e. The Kier molecular flexibility index (Phi) is 5.91. The van der Waals surface area contributed by atoms with E-state index in [0.717, 1.165) is 5.56 Å². The molecule has 0 aliphatic rings. The molecule has 1 aromatic carbocycles. The second kappa shape index (κ2) is 7.44. The van der Waals surface area contributed by atoms with Gasteiger partial charge >= 0.3 is 6.03 Å². The molecule has 0 aliphatic carbocycles. The van der Waals surface area contributed by atoms with Crippen molar-refractivity contribution in [3.8, 4) is 0 Å². The lowest BCUT2D eigenvalue weighted by atomic mass is 10.0. The van der Waals surface area contributed by atoms with Crippen LogP contribution in [0.1, 0.15) is 26.3 Å². The van der Waals surface area contributed by atoms with E-state index in [-0.39, 0.29) is 11.8 Å². The molecule has 5 N–H and O–H groups in total. The van der Waals surface area contributed by atoms with Crippen LogP contribution < -0.4 is 21.7 Å². The number of hydrogen-bond acceptors (Lipinski definition) is 3. The molecule has 0 heterocycles. The van der Waals surface area contributed by atoms with E-state index >= 15 is 0 Å². The van der Waals surface area contributed by atoms with Crippen LogP contribution in [0.15, 0.2) is 18.2 Å². The molecule has 0 aliphatic heterocycles. The molecule has 0 bridgehead atoms. The van der Waals surface area contributed by atoms with Crippen LogP contribution in [0.5, 0.6) is 0 Å². The summed E-state index contributed by atoms with van der Waals surface area (Å²) < 4.78 is 0. The highest BCUT2D eigenvalue weighted by molar-refractivity contribution is 5.95. The van der Waals surface area contributed by atoms with E-state index in [9.17, 15) is 14.4 Å². The van der Waals surface area contributed by atoms with Crippen LogP contribution in [0.3, 0.4) is 0 Å². The van der Waals surface area contributed by atoms with Crippen LogP contribution in [0, 0.1) is 12.8 Å². The molecule has 22 heavy (non-hydrogen) atoms. The molecule has 0 radical (unpaired) electrons. The molecule has 0 saturated carbocycles. The second-order valence-electron chi connectivity index (χ2n) is 5.43. The molecular formula is C15H22N4O3. The van der Waals surface area contributed by atoms with Crippen molar-refractivity contribution in [2.24, 2.45) is 11.7 Å². The van der Waals surface area contributed by atoms with Crippen LogP contribution >= 0.6 is 0 Å². The first-order valence-electron chi connectivity index (χ1n) is 6.95. The lowest BCUT2D eigenvalue weighted by Gasteiger charge is -2.20. The van der Waals surface area contributed by atoms with Gasteiger partial charge in [0.1, 0.15) is 6.04 Å². The summed E-state index contributed by atoms with van der Waals surface area (Å²) >= 11 is 0. The van der Waals surface area contributed by atoms with E-state index in [0.29, 0.717) is 11.4 Å². The van der Waals surface area contributed by atoms with Crippen molar-refractivity contribution in [3.05, 3.63) is 23.8 Å². The minimum absolute atomic E-state index is 0.116. The number of aryl methyl sites for hydroxylation is 1. The van der Waals surface area contributed by atoms with E-state index in [4.69, 9.17) is 5.73 Å². The topological polar surface area (TPSA) is 113 Å². The number of primary amides is 1. The number of anilines is 2. The zero-order valence-electron chi connectivity index (χ0n) is 13.2. The summed E-state index contributed by atoms with van der Waals surface area (Å²) in [6.45, 7) is 6.80. The number of rotatable bonds is 5.